The van der Waals surface area contributed by atoms with Crippen LogP contribution in [0.15, 0.2) is 41.0 Å². The zero-order valence-electron chi connectivity index (χ0n) is 9.64. The molecular formula is C13H9BrClNO3. The van der Waals surface area contributed by atoms with Crippen molar-refractivity contribution >= 4 is 33.5 Å². The van der Waals surface area contributed by atoms with E-state index in [-0.39, 0.29) is 17.9 Å². The average Bonchev–Trinajstić information content (AvgIpc) is 2.38. The maximum absolute atomic E-state index is 11.0. The Balaban J connectivity index is 2.16. The van der Waals surface area contributed by atoms with Gasteiger partial charge in [-0.1, -0.05) is 11.6 Å². The Morgan fingerprint density at radius 1 is 1.37 bits per heavy atom. The van der Waals surface area contributed by atoms with E-state index in [1.807, 2.05) is 6.07 Å². The van der Waals surface area contributed by atoms with Crippen LogP contribution in [0.25, 0.3) is 0 Å². The highest BCUT2D eigenvalue weighted by Crippen LogP contribution is 2.24. The molecule has 0 aliphatic rings. The summed E-state index contributed by atoms with van der Waals surface area (Å²) in [6, 6.07) is 8.02. The zero-order chi connectivity index (χ0) is 13.8. The van der Waals surface area contributed by atoms with Crippen molar-refractivity contribution in [3.05, 3.63) is 57.3 Å². The largest absolute Gasteiger partial charge is 0.486 e. The van der Waals surface area contributed by atoms with E-state index in [2.05, 4.69) is 20.9 Å². The SMILES string of the molecule is O=C(O)c1ccc(Cl)cc1OCc1ccc(Br)cn1. The Labute approximate surface area is 123 Å². The summed E-state index contributed by atoms with van der Waals surface area (Å²) >= 11 is 9.11. The van der Waals surface area contributed by atoms with Crippen LogP contribution in [0.1, 0.15) is 16.1 Å². The summed E-state index contributed by atoms with van der Waals surface area (Å²) in [7, 11) is 0. The topological polar surface area (TPSA) is 59.4 Å². The number of pyridine rings is 1. The first kappa shape index (κ1) is 13.8. The Morgan fingerprint density at radius 2 is 2.16 bits per heavy atom. The highest BCUT2D eigenvalue weighted by atomic mass is 79.9. The van der Waals surface area contributed by atoms with Crippen molar-refractivity contribution in [1.29, 1.82) is 0 Å². The highest BCUT2D eigenvalue weighted by Gasteiger charge is 2.12. The van der Waals surface area contributed by atoms with E-state index in [0.29, 0.717) is 10.7 Å². The molecule has 0 saturated heterocycles. The standard InChI is InChI=1S/C13H9BrClNO3/c14-8-1-3-10(16-6-8)7-19-12-5-9(15)2-4-11(12)13(17)18/h1-6H,7H2,(H,17,18). The third kappa shape index (κ3) is 3.68. The van der Waals surface area contributed by atoms with Gasteiger partial charge in [0.05, 0.1) is 5.69 Å². The van der Waals surface area contributed by atoms with Crippen LogP contribution in [-0.2, 0) is 6.61 Å². The number of aromatic nitrogens is 1. The molecule has 2 aromatic rings. The number of carboxylic acids is 1. The second-order valence-electron chi connectivity index (χ2n) is 3.70. The van der Waals surface area contributed by atoms with Crippen LogP contribution in [0.4, 0.5) is 0 Å². The van der Waals surface area contributed by atoms with Crippen LogP contribution in [0.3, 0.4) is 0 Å². The van der Waals surface area contributed by atoms with Crippen LogP contribution in [-0.4, -0.2) is 16.1 Å². The predicted octanol–water partition coefficient (Wildman–Crippen LogP) is 3.77. The first-order valence-electron chi connectivity index (χ1n) is 5.32. The molecule has 0 amide bonds. The molecule has 0 spiro atoms. The highest BCUT2D eigenvalue weighted by molar-refractivity contribution is 9.10. The number of ether oxygens (including phenoxy) is 1. The fraction of sp³-hybridized carbons (Fsp3) is 0.0769. The number of benzene rings is 1. The second kappa shape index (κ2) is 6.04. The van der Waals surface area contributed by atoms with Crippen molar-refractivity contribution < 1.29 is 14.6 Å². The van der Waals surface area contributed by atoms with Crippen LogP contribution in [0.2, 0.25) is 5.02 Å². The fourth-order valence-corrected chi connectivity index (χ4v) is 1.83. The van der Waals surface area contributed by atoms with Crippen molar-refractivity contribution in [2.24, 2.45) is 0 Å². The minimum atomic E-state index is -1.06. The van der Waals surface area contributed by atoms with Gasteiger partial charge < -0.3 is 9.84 Å². The van der Waals surface area contributed by atoms with Crippen molar-refractivity contribution in [3.63, 3.8) is 0 Å². The summed E-state index contributed by atoms with van der Waals surface area (Å²) in [5.74, 6) is -0.833. The lowest BCUT2D eigenvalue weighted by atomic mass is 10.2. The van der Waals surface area contributed by atoms with Crippen LogP contribution < -0.4 is 4.74 Å². The first-order valence-corrected chi connectivity index (χ1v) is 6.49. The van der Waals surface area contributed by atoms with E-state index in [9.17, 15) is 4.79 Å². The molecule has 1 aromatic heterocycles. The number of halogens is 2. The Morgan fingerprint density at radius 3 is 2.79 bits per heavy atom. The number of hydrogen-bond acceptors (Lipinski definition) is 3. The van der Waals surface area contributed by atoms with E-state index >= 15 is 0 Å². The minimum Gasteiger partial charge on any atom is -0.486 e. The van der Waals surface area contributed by atoms with Gasteiger partial charge in [-0.05, 0) is 46.3 Å². The molecule has 0 unspecified atom stereocenters. The van der Waals surface area contributed by atoms with Gasteiger partial charge in [0.1, 0.15) is 17.9 Å². The summed E-state index contributed by atoms with van der Waals surface area (Å²) in [6.07, 6.45) is 1.65. The van der Waals surface area contributed by atoms with Gasteiger partial charge in [0.2, 0.25) is 0 Å². The molecule has 1 N–H and O–H groups in total. The number of hydrogen-bond donors (Lipinski definition) is 1. The normalized spacial score (nSPS) is 10.2. The molecule has 0 bridgehead atoms. The smallest absolute Gasteiger partial charge is 0.339 e. The summed E-state index contributed by atoms with van der Waals surface area (Å²) < 4.78 is 6.33. The van der Waals surface area contributed by atoms with Gasteiger partial charge in [-0.15, -0.1) is 0 Å². The molecular weight excluding hydrogens is 334 g/mol. The van der Waals surface area contributed by atoms with Gasteiger partial charge >= 0.3 is 5.97 Å². The molecule has 4 nitrogen and oxygen atoms in total. The van der Waals surface area contributed by atoms with Gasteiger partial charge in [-0.3, -0.25) is 4.98 Å². The first-order chi connectivity index (χ1) is 9.06. The fourth-order valence-electron chi connectivity index (χ4n) is 1.44. The quantitative estimate of drug-likeness (QED) is 0.918. The van der Waals surface area contributed by atoms with Crippen LogP contribution >= 0.6 is 27.5 Å². The molecule has 0 fully saturated rings. The van der Waals surface area contributed by atoms with Gasteiger partial charge in [0, 0.05) is 15.7 Å². The number of nitrogens with zero attached hydrogens (tertiary/aromatic N) is 1. The lowest BCUT2D eigenvalue weighted by Gasteiger charge is -2.09. The lowest BCUT2D eigenvalue weighted by molar-refractivity contribution is 0.0691. The van der Waals surface area contributed by atoms with Crippen LogP contribution in [0, 0.1) is 0 Å². The molecule has 98 valence electrons. The minimum absolute atomic E-state index is 0.0708. The van der Waals surface area contributed by atoms with Crippen molar-refractivity contribution in [2.75, 3.05) is 0 Å². The Kier molecular flexibility index (Phi) is 4.39. The molecule has 1 heterocycles. The summed E-state index contributed by atoms with van der Waals surface area (Å²) in [5.41, 5.74) is 0.765. The molecule has 2 rings (SSSR count). The van der Waals surface area contributed by atoms with Crippen molar-refractivity contribution in [1.82, 2.24) is 4.98 Å². The average molecular weight is 343 g/mol. The number of carbonyl (C=O) groups is 1. The number of carboxylic acid groups (broad SMARTS) is 1. The van der Waals surface area contributed by atoms with Crippen LogP contribution in [0.5, 0.6) is 5.75 Å². The number of aromatic carboxylic acids is 1. The van der Waals surface area contributed by atoms with E-state index in [0.717, 1.165) is 4.47 Å². The molecule has 0 radical (unpaired) electrons. The molecule has 0 aliphatic carbocycles. The molecule has 0 aliphatic heterocycles. The molecule has 0 saturated carbocycles. The predicted molar refractivity (Wildman–Crippen MR) is 74.7 cm³/mol. The van der Waals surface area contributed by atoms with E-state index < -0.39 is 5.97 Å². The zero-order valence-corrected chi connectivity index (χ0v) is 12.0. The van der Waals surface area contributed by atoms with Gasteiger partial charge in [-0.25, -0.2) is 4.79 Å². The maximum Gasteiger partial charge on any atom is 0.339 e. The number of rotatable bonds is 4. The molecule has 6 heteroatoms. The maximum atomic E-state index is 11.0. The second-order valence-corrected chi connectivity index (χ2v) is 5.05. The monoisotopic (exact) mass is 341 g/mol. The van der Waals surface area contributed by atoms with Crippen molar-refractivity contribution in [2.45, 2.75) is 6.61 Å². The molecule has 19 heavy (non-hydrogen) atoms. The lowest BCUT2D eigenvalue weighted by Crippen LogP contribution is -2.04. The van der Waals surface area contributed by atoms with Gasteiger partial charge in [0.15, 0.2) is 0 Å². The van der Waals surface area contributed by atoms with Gasteiger partial charge in [0.25, 0.3) is 0 Å². The van der Waals surface area contributed by atoms with Gasteiger partial charge in [-0.2, -0.15) is 0 Å². The van der Waals surface area contributed by atoms with Crippen molar-refractivity contribution in [3.8, 4) is 5.75 Å². The third-order valence-electron chi connectivity index (χ3n) is 2.34. The molecule has 0 atom stereocenters. The summed E-state index contributed by atoms with van der Waals surface area (Å²) in [4.78, 5) is 15.2. The van der Waals surface area contributed by atoms with E-state index in [1.54, 1.807) is 12.3 Å². The molecule has 1 aromatic carbocycles. The Bertz CT molecular complexity index is 601. The summed E-state index contributed by atoms with van der Waals surface area (Å²) in [5, 5.41) is 9.47. The summed E-state index contributed by atoms with van der Waals surface area (Å²) in [6.45, 7) is 0.175. The third-order valence-corrected chi connectivity index (χ3v) is 3.04. The van der Waals surface area contributed by atoms with E-state index in [1.165, 1.54) is 18.2 Å². The Hall–Kier alpha value is -1.59. The van der Waals surface area contributed by atoms with E-state index in [4.69, 9.17) is 21.4 Å².